The first-order chi connectivity index (χ1) is 21.4. The molecule has 0 unspecified atom stereocenters. The molecule has 0 saturated carbocycles. The van der Waals surface area contributed by atoms with Gasteiger partial charge in [-0.25, -0.2) is 4.98 Å². The zero-order chi connectivity index (χ0) is 32.5. The van der Waals surface area contributed by atoms with E-state index in [9.17, 15) is 22.8 Å². The van der Waals surface area contributed by atoms with E-state index in [1.807, 2.05) is 27.7 Å². The largest absolute Gasteiger partial charge is 0.492 e. The van der Waals surface area contributed by atoms with Gasteiger partial charge in [0.25, 0.3) is 11.5 Å². The summed E-state index contributed by atoms with van der Waals surface area (Å²) in [7, 11) is 0. The van der Waals surface area contributed by atoms with E-state index < -0.39 is 17.4 Å². The minimum atomic E-state index is -4.57. The molecule has 1 aliphatic heterocycles. The highest BCUT2D eigenvalue weighted by Crippen LogP contribution is 2.34. The second-order valence-electron chi connectivity index (χ2n) is 11.3. The van der Waals surface area contributed by atoms with Crippen LogP contribution in [0.1, 0.15) is 49.4 Å². The van der Waals surface area contributed by atoms with Crippen LogP contribution in [0.15, 0.2) is 52.8 Å². The van der Waals surface area contributed by atoms with E-state index in [1.165, 1.54) is 10.6 Å². The zero-order valence-corrected chi connectivity index (χ0v) is 26.8. The number of aromatic nitrogens is 3. The number of benzene rings is 1. The Bertz CT molecular complexity index is 1750. The third-order valence-corrected chi connectivity index (χ3v) is 8.45. The maximum absolute atomic E-state index is 14.5. The Kier molecular flexibility index (Phi) is 9.66. The number of halogens is 4. The molecule has 0 spiro atoms. The monoisotopic (exact) mass is 659 g/mol. The number of nitrogens with zero attached hydrogens (tertiary/aromatic N) is 4. The number of ether oxygens (including phenoxy) is 1. The Hall–Kier alpha value is -3.74. The van der Waals surface area contributed by atoms with E-state index in [2.05, 4.69) is 15.3 Å². The summed E-state index contributed by atoms with van der Waals surface area (Å²) in [5, 5.41) is 5.69. The van der Waals surface area contributed by atoms with Crippen molar-refractivity contribution in [1.82, 2.24) is 24.8 Å². The summed E-state index contributed by atoms with van der Waals surface area (Å²) >= 11 is 7.60. The lowest BCUT2D eigenvalue weighted by Crippen LogP contribution is -2.51. The van der Waals surface area contributed by atoms with Gasteiger partial charge in [-0.15, -0.1) is 11.3 Å². The van der Waals surface area contributed by atoms with E-state index >= 15 is 0 Å². The predicted molar refractivity (Wildman–Crippen MR) is 169 cm³/mol. The fourth-order valence-electron chi connectivity index (χ4n) is 5.31. The van der Waals surface area contributed by atoms with Gasteiger partial charge >= 0.3 is 6.18 Å². The second-order valence-corrected chi connectivity index (χ2v) is 12.6. The molecule has 8 nitrogen and oxygen atoms in total. The lowest BCUT2D eigenvalue weighted by atomic mass is 9.99. The molecule has 1 N–H and O–H groups in total. The molecule has 238 valence electrons. The van der Waals surface area contributed by atoms with Crippen molar-refractivity contribution in [2.24, 2.45) is 5.92 Å². The van der Waals surface area contributed by atoms with Crippen molar-refractivity contribution in [2.45, 2.75) is 46.3 Å². The summed E-state index contributed by atoms with van der Waals surface area (Å²) in [6, 6.07) is 8.89. The standard InChI is InChI=1S/C32H33ClF3N5O3S/c1-5-44-27-8-7-21(33)13-26(27)41-25(12-18(2)3)22(30(42)40-11-10-37-19(4)16-40)14-23(31(41)43)29-39-24(17-45-29)20-6-9-28(38-15-20)32(34,35)36/h6-9,13-15,17-19,37H,5,10-12,16H2,1-4H3/t19-/m1/s1. The summed E-state index contributed by atoms with van der Waals surface area (Å²) in [6.45, 7) is 9.84. The molecule has 1 aromatic carbocycles. The van der Waals surface area contributed by atoms with Gasteiger partial charge in [0, 0.05) is 53.5 Å². The summed E-state index contributed by atoms with van der Waals surface area (Å²) in [5.74, 6) is 0.303. The molecule has 1 saturated heterocycles. The summed E-state index contributed by atoms with van der Waals surface area (Å²) in [4.78, 5) is 38.7. The molecule has 0 aliphatic carbocycles. The van der Waals surface area contributed by atoms with E-state index in [1.54, 1.807) is 34.5 Å². The average Bonchev–Trinajstić information content (AvgIpc) is 3.48. The van der Waals surface area contributed by atoms with Crippen LogP contribution in [-0.4, -0.2) is 57.6 Å². The number of pyridine rings is 2. The average molecular weight is 660 g/mol. The van der Waals surface area contributed by atoms with Crippen LogP contribution in [0.4, 0.5) is 13.2 Å². The van der Waals surface area contributed by atoms with Gasteiger partial charge in [-0.1, -0.05) is 25.4 Å². The minimum absolute atomic E-state index is 0.0864. The molecule has 4 aromatic rings. The molecule has 45 heavy (non-hydrogen) atoms. The first-order valence-corrected chi connectivity index (χ1v) is 15.9. The molecule has 0 bridgehead atoms. The number of rotatable bonds is 8. The number of amides is 1. The van der Waals surface area contributed by atoms with Gasteiger partial charge in [-0.3, -0.25) is 19.1 Å². The zero-order valence-electron chi connectivity index (χ0n) is 25.2. The normalized spacial score (nSPS) is 15.5. The van der Waals surface area contributed by atoms with Crippen LogP contribution in [0.2, 0.25) is 5.02 Å². The van der Waals surface area contributed by atoms with Gasteiger partial charge in [-0.2, -0.15) is 13.2 Å². The van der Waals surface area contributed by atoms with Gasteiger partial charge in [0.05, 0.1) is 29.1 Å². The van der Waals surface area contributed by atoms with Crippen molar-refractivity contribution < 1.29 is 22.7 Å². The number of carbonyl (C=O) groups is 1. The first kappa shape index (κ1) is 32.6. The number of hydrogen-bond donors (Lipinski definition) is 1. The van der Waals surface area contributed by atoms with E-state index in [4.69, 9.17) is 16.3 Å². The number of hydrogen-bond acceptors (Lipinski definition) is 7. The van der Waals surface area contributed by atoms with Crippen LogP contribution in [0.25, 0.3) is 27.5 Å². The quantitative estimate of drug-likeness (QED) is 0.226. The van der Waals surface area contributed by atoms with Crippen molar-refractivity contribution in [3.8, 4) is 33.3 Å². The molecule has 1 aliphatic rings. The van der Waals surface area contributed by atoms with Crippen LogP contribution in [0.5, 0.6) is 5.75 Å². The van der Waals surface area contributed by atoms with Crippen LogP contribution in [0.3, 0.4) is 0 Å². The SMILES string of the molecule is CCOc1ccc(Cl)cc1-n1c(CC(C)C)c(C(=O)N2CCN[C@H](C)C2)cc(-c2nc(-c3ccc(C(F)(F)F)nc3)cs2)c1=O. The highest BCUT2D eigenvalue weighted by Gasteiger charge is 2.32. The molecular formula is C32H33ClF3N5O3S. The molecule has 3 aromatic heterocycles. The van der Waals surface area contributed by atoms with Gasteiger partial charge < -0.3 is 15.0 Å². The number of piperazine rings is 1. The van der Waals surface area contributed by atoms with Gasteiger partial charge in [-0.05, 0) is 62.6 Å². The van der Waals surface area contributed by atoms with Crippen molar-refractivity contribution in [3.63, 3.8) is 0 Å². The Morgan fingerprint density at radius 1 is 1.22 bits per heavy atom. The van der Waals surface area contributed by atoms with Crippen LogP contribution < -0.4 is 15.6 Å². The fraction of sp³-hybridized carbons (Fsp3) is 0.375. The molecule has 1 amide bonds. The van der Waals surface area contributed by atoms with Crippen molar-refractivity contribution in [2.75, 3.05) is 26.2 Å². The van der Waals surface area contributed by atoms with Gasteiger partial charge in [0.2, 0.25) is 0 Å². The summed E-state index contributed by atoms with van der Waals surface area (Å²) in [6.07, 6.45) is -3.05. The number of nitrogens with one attached hydrogen (secondary N) is 1. The van der Waals surface area contributed by atoms with Crippen molar-refractivity contribution in [3.05, 3.63) is 80.3 Å². The highest BCUT2D eigenvalue weighted by molar-refractivity contribution is 7.13. The number of carbonyl (C=O) groups excluding carboxylic acids is 1. The Morgan fingerprint density at radius 2 is 2.00 bits per heavy atom. The Balaban J connectivity index is 1.73. The number of alkyl halides is 3. The maximum Gasteiger partial charge on any atom is 0.433 e. The Labute approximate surface area is 267 Å². The van der Waals surface area contributed by atoms with Crippen LogP contribution in [0, 0.1) is 5.92 Å². The lowest BCUT2D eigenvalue weighted by molar-refractivity contribution is -0.141. The van der Waals surface area contributed by atoms with E-state index in [-0.39, 0.29) is 23.4 Å². The third-order valence-electron chi connectivity index (χ3n) is 7.34. The van der Waals surface area contributed by atoms with E-state index in [0.717, 1.165) is 23.6 Å². The van der Waals surface area contributed by atoms with Gasteiger partial charge in [0.15, 0.2) is 0 Å². The smallest absolute Gasteiger partial charge is 0.433 e. The molecule has 1 atom stereocenters. The molecule has 13 heteroatoms. The van der Waals surface area contributed by atoms with Crippen molar-refractivity contribution >= 4 is 28.8 Å². The molecule has 4 heterocycles. The molecule has 1 fully saturated rings. The first-order valence-electron chi connectivity index (χ1n) is 14.6. The van der Waals surface area contributed by atoms with Gasteiger partial charge in [0.1, 0.15) is 16.5 Å². The van der Waals surface area contributed by atoms with Crippen LogP contribution >= 0.6 is 22.9 Å². The lowest BCUT2D eigenvalue weighted by Gasteiger charge is -2.33. The van der Waals surface area contributed by atoms with Crippen LogP contribution in [-0.2, 0) is 12.6 Å². The van der Waals surface area contributed by atoms with E-state index in [0.29, 0.717) is 76.6 Å². The Morgan fingerprint density at radius 3 is 2.64 bits per heavy atom. The third kappa shape index (κ3) is 7.08. The number of thiazole rings is 1. The minimum Gasteiger partial charge on any atom is -0.492 e. The fourth-order valence-corrected chi connectivity index (χ4v) is 6.31. The topological polar surface area (TPSA) is 89.3 Å². The molecule has 5 rings (SSSR count). The van der Waals surface area contributed by atoms with Crippen molar-refractivity contribution in [1.29, 1.82) is 0 Å². The molecule has 0 radical (unpaired) electrons. The molecular weight excluding hydrogens is 627 g/mol. The highest BCUT2D eigenvalue weighted by atomic mass is 35.5. The maximum atomic E-state index is 14.5. The second kappa shape index (κ2) is 13.3. The predicted octanol–water partition coefficient (Wildman–Crippen LogP) is 6.73. The summed E-state index contributed by atoms with van der Waals surface area (Å²) in [5.41, 5.74) is 0.750. The summed E-state index contributed by atoms with van der Waals surface area (Å²) < 4.78 is 46.6.